The fraction of sp³-hybridized carbons (Fsp3) is 0.200. The van der Waals surface area contributed by atoms with Crippen molar-refractivity contribution in [2.24, 2.45) is 5.73 Å². The Morgan fingerprint density at radius 3 is 1.93 bits per heavy atom. The van der Waals surface area contributed by atoms with E-state index in [-0.39, 0.29) is 29.7 Å². The Bertz CT molecular complexity index is 368. The van der Waals surface area contributed by atoms with Gasteiger partial charge < -0.3 is 15.9 Å². The number of carboxylic acids is 2. The smallest absolute Gasteiger partial charge is 0.335 e. The number of benzene rings is 1. The van der Waals surface area contributed by atoms with Crippen LogP contribution >= 0.6 is 0 Å². The number of hydrogen-bond donors (Lipinski definition) is 3. The molecule has 4 N–H and O–H groups in total. The lowest BCUT2D eigenvalue weighted by Crippen LogP contribution is -2.13. The van der Waals surface area contributed by atoms with Gasteiger partial charge in [-0.15, -0.1) is 0 Å². The van der Waals surface area contributed by atoms with Crippen LogP contribution < -0.4 is 5.73 Å². The van der Waals surface area contributed by atoms with E-state index in [2.05, 4.69) is 0 Å². The highest BCUT2D eigenvalue weighted by molar-refractivity contribution is 5.96. The first-order valence-corrected chi connectivity index (χ1v) is 4.36. The fourth-order valence-corrected chi connectivity index (χ4v) is 1.40. The SMILES string of the molecule is NCCc1c(C(=O)O)cccc1C(=O)O. The summed E-state index contributed by atoms with van der Waals surface area (Å²) < 4.78 is 0. The van der Waals surface area contributed by atoms with Crippen molar-refractivity contribution in [2.45, 2.75) is 6.42 Å². The van der Waals surface area contributed by atoms with Crippen molar-refractivity contribution in [1.82, 2.24) is 0 Å². The molecule has 5 nitrogen and oxygen atoms in total. The first kappa shape index (κ1) is 11.2. The summed E-state index contributed by atoms with van der Waals surface area (Å²) in [5.74, 6) is -2.27. The fourth-order valence-electron chi connectivity index (χ4n) is 1.40. The Labute approximate surface area is 86.1 Å². The Hall–Kier alpha value is -1.88. The van der Waals surface area contributed by atoms with E-state index in [0.717, 1.165) is 0 Å². The van der Waals surface area contributed by atoms with Gasteiger partial charge in [0.25, 0.3) is 0 Å². The lowest BCUT2D eigenvalue weighted by Gasteiger charge is -2.08. The highest BCUT2D eigenvalue weighted by Gasteiger charge is 2.16. The van der Waals surface area contributed by atoms with Gasteiger partial charge in [-0.2, -0.15) is 0 Å². The Balaban J connectivity index is 3.34. The third-order valence-electron chi connectivity index (χ3n) is 2.03. The van der Waals surface area contributed by atoms with Crippen LogP contribution in [0.4, 0.5) is 0 Å². The van der Waals surface area contributed by atoms with E-state index < -0.39 is 11.9 Å². The minimum absolute atomic E-state index is 0.000324. The molecule has 0 aliphatic rings. The predicted octanol–water partition coefficient (Wildman–Crippen LogP) is 0.584. The summed E-state index contributed by atoms with van der Waals surface area (Å²) in [5, 5.41) is 17.7. The van der Waals surface area contributed by atoms with Crippen LogP contribution in [0.5, 0.6) is 0 Å². The zero-order chi connectivity index (χ0) is 11.4. The highest BCUT2D eigenvalue weighted by Crippen LogP contribution is 2.15. The van der Waals surface area contributed by atoms with Gasteiger partial charge in [-0.05, 0) is 30.7 Å². The average Bonchev–Trinajstić information content (AvgIpc) is 2.17. The lowest BCUT2D eigenvalue weighted by molar-refractivity contribution is 0.0695. The molecule has 0 bridgehead atoms. The Kier molecular flexibility index (Phi) is 3.41. The van der Waals surface area contributed by atoms with Crippen LogP contribution in [0.1, 0.15) is 26.3 Å². The van der Waals surface area contributed by atoms with Gasteiger partial charge in [-0.1, -0.05) is 6.07 Å². The summed E-state index contributed by atoms with van der Waals surface area (Å²) in [7, 11) is 0. The molecule has 15 heavy (non-hydrogen) atoms. The summed E-state index contributed by atoms with van der Waals surface area (Å²) in [6.45, 7) is 0.213. The van der Waals surface area contributed by atoms with E-state index >= 15 is 0 Å². The molecule has 1 aromatic carbocycles. The molecule has 1 aromatic rings. The molecular formula is C10H11NO4. The zero-order valence-corrected chi connectivity index (χ0v) is 7.93. The zero-order valence-electron chi connectivity index (χ0n) is 7.93. The van der Waals surface area contributed by atoms with Gasteiger partial charge in [0.1, 0.15) is 0 Å². The summed E-state index contributed by atoms with van der Waals surface area (Å²) in [6.07, 6.45) is 0.240. The summed E-state index contributed by atoms with van der Waals surface area (Å²) in [5.41, 5.74) is 5.59. The standard InChI is InChI=1S/C10H11NO4/c11-5-4-6-7(9(12)13)2-1-3-8(6)10(14)15/h1-3H,4-5,11H2,(H,12,13)(H,14,15). The largest absolute Gasteiger partial charge is 0.478 e. The monoisotopic (exact) mass is 209 g/mol. The third-order valence-corrected chi connectivity index (χ3v) is 2.03. The van der Waals surface area contributed by atoms with Gasteiger partial charge in [0.2, 0.25) is 0 Å². The van der Waals surface area contributed by atoms with Crippen molar-refractivity contribution in [2.75, 3.05) is 6.54 Å². The van der Waals surface area contributed by atoms with Gasteiger partial charge in [-0.25, -0.2) is 9.59 Å². The molecule has 0 aromatic heterocycles. The van der Waals surface area contributed by atoms with Crippen LogP contribution in [0, 0.1) is 0 Å². The van der Waals surface area contributed by atoms with E-state index in [1.807, 2.05) is 0 Å². The molecule has 0 spiro atoms. The van der Waals surface area contributed by atoms with Crippen molar-refractivity contribution in [1.29, 1.82) is 0 Å². The molecule has 0 radical (unpaired) electrons. The molecule has 0 heterocycles. The summed E-state index contributed by atoms with van der Waals surface area (Å²) in [4.78, 5) is 21.7. The van der Waals surface area contributed by atoms with Crippen molar-refractivity contribution < 1.29 is 19.8 Å². The Morgan fingerprint density at radius 2 is 1.60 bits per heavy atom. The van der Waals surface area contributed by atoms with Crippen molar-refractivity contribution in [3.63, 3.8) is 0 Å². The average molecular weight is 209 g/mol. The van der Waals surface area contributed by atoms with Crippen LogP contribution in [0.3, 0.4) is 0 Å². The molecule has 0 atom stereocenters. The summed E-state index contributed by atoms with van der Waals surface area (Å²) >= 11 is 0. The second kappa shape index (κ2) is 4.56. The molecule has 0 saturated carbocycles. The van der Waals surface area contributed by atoms with Crippen LogP contribution in [0.15, 0.2) is 18.2 Å². The summed E-state index contributed by atoms with van der Waals surface area (Å²) in [6, 6.07) is 4.16. The molecule has 0 amide bonds. The van der Waals surface area contributed by atoms with Crippen molar-refractivity contribution >= 4 is 11.9 Å². The molecule has 0 unspecified atom stereocenters. The molecule has 0 aliphatic carbocycles. The molecule has 1 rings (SSSR count). The van der Waals surface area contributed by atoms with Crippen molar-refractivity contribution in [3.8, 4) is 0 Å². The van der Waals surface area contributed by atoms with E-state index in [4.69, 9.17) is 15.9 Å². The normalized spacial score (nSPS) is 9.93. The van der Waals surface area contributed by atoms with Crippen LogP contribution in [-0.2, 0) is 6.42 Å². The predicted molar refractivity (Wildman–Crippen MR) is 53.1 cm³/mol. The third kappa shape index (κ3) is 2.32. The number of rotatable bonds is 4. The number of nitrogens with two attached hydrogens (primary N) is 1. The molecule has 80 valence electrons. The first-order chi connectivity index (χ1) is 7.07. The first-order valence-electron chi connectivity index (χ1n) is 4.36. The molecule has 0 aliphatic heterocycles. The van der Waals surface area contributed by atoms with Gasteiger partial charge in [-0.3, -0.25) is 0 Å². The van der Waals surface area contributed by atoms with Crippen LogP contribution in [-0.4, -0.2) is 28.7 Å². The number of hydrogen-bond acceptors (Lipinski definition) is 3. The second-order valence-corrected chi connectivity index (χ2v) is 2.98. The highest BCUT2D eigenvalue weighted by atomic mass is 16.4. The van der Waals surface area contributed by atoms with E-state index in [9.17, 15) is 9.59 Å². The van der Waals surface area contributed by atoms with Gasteiger partial charge >= 0.3 is 11.9 Å². The Morgan fingerprint density at radius 1 is 1.13 bits per heavy atom. The second-order valence-electron chi connectivity index (χ2n) is 2.98. The van der Waals surface area contributed by atoms with Gasteiger partial charge in [0.15, 0.2) is 0 Å². The van der Waals surface area contributed by atoms with E-state index in [1.54, 1.807) is 0 Å². The van der Waals surface area contributed by atoms with E-state index in [0.29, 0.717) is 0 Å². The topological polar surface area (TPSA) is 101 Å². The molecular weight excluding hydrogens is 198 g/mol. The molecule has 0 fully saturated rings. The number of carboxylic acid groups (broad SMARTS) is 2. The van der Waals surface area contributed by atoms with Gasteiger partial charge in [0, 0.05) is 0 Å². The van der Waals surface area contributed by atoms with E-state index in [1.165, 1.54) is 18.2 Å². The number of carbonyl (C=O) groups is 2. The minimum atomic E-state index is -1.14. The molecule has 5 heteroatoms. The molecule has 0 saturated heterocycles. The van der Waals surface area contributed by atoms with Crippen LogP contribution in [0.25, 0.3) is 0 Å². The number of aromatic carboxylic acids is 2. The van der Waals surface area contributed by atoms with Crippen molar-refractivity contribution in [3.05, 3.63) is 34.9 Å². The maximum atomic E-state index is 10.8. The van der Waals surface area contributed by atoms with Crippen LogP contribution in [0.2, 0.25) is 0 Å². The lowest BCUT2D eigenvalue weighted by atomic mass is 9.98. The van der Waals surface area contributed by atoms with Gasteiger partial charge in [0.05, 0.1) is 11.1 Å². The minimum Gasteiger partial charge on any atom is -0.478 e. The maximum absolute atomic E-state index is 10.8. The quantitative estimate of drug-likeness (QED) is 0.673. The maximum Gasteiger partial charge on any atom is 0.335 e.